The number of methoxy groups -OCH3 is 1. The summed E-state index contributed by atoms with van der Waals surface area (Å²) in [5.41, 5.74) is 7.10. The van der Waals surface area contributed by atoms with Gasteiger partial charge in [-0.05, 0) is 50.4 Å². The molecule has 3 nitrogen and oxygen atoms in total. The summed E-state index contributed by atoms with van der Waals surface area (Å²) in [5.74, 6) is 1.59. The van der Waals surface area contributed by atoms with Gasteiger partial charge in [0.2, 0.25) is 0 Å². The van der Waals surface area contributed by atoms with Gasteiger partial charge in [-0.1, -0.05) is 0 Å². The highest BCUT2D eigenvalue weighted by molar-refractivity contribution is 7.98. The lowest BCUT2D eigenvalue weighted by atomic mass is 9.99. The molecule has 100 valence electrons. The van der Waals surface area contributed by atoms with Gasteiger partial charge < -0.3 is 10.5 Å². The maximum absolute atomic E-state index is 5.80. The van der Waals surface area contributed by atoms with E-state index in [0.29, 0.717) is 12.0 Å². The summed E-state index contributed by atoms with van der Waals surface area (Å²) < 4.78 is 5.51. The first kappa shape index (κ1) is 13.7. The molecule has 0 amide bonds. The van der Waals surface area contributed by atoms with Gasteiger partial charge in [0.1, 0.15) is 5.75 Å². The van der Waals surface area contributed by atoms with E-state index in [9.17, 15) is 0 Å². The van der Waals surface area contributed by atoms with Gasteiger partial charge in [0.05, 0.1) is 7.11 Å². The quantitative estimate of drug-likeness (QED) is 0.849. The van der Waals surface area contributed by atoms with Gasteiger partial charge in [-0.3, -0.25) is 4.90 Å². The fourth-order valence-electron chi connectivity index (χ4n) is 2.74. The molecule has 2 unspecified atom stereocenters. The van der Waals surface area contributed by atoms with Crippen LogP contribution in [0.15, 0.2) is 23.1 Å². The van der Waals surface area contributed by atoms with Gasteiger partial charge >= 0.3 is 0 Å². The molecule has 1 aliphatic rings. The number of hydrogen-bond acceptors (Lipinski definition) is 4. The van der Waals surface area contributed by atoms with Crippen LogP contribution < -0.4 is 10.5 Å². The second-order valence-corrected chi connectivity index (χ2v) is 5.78. The average Bonchev–Trinajstić information content (AvgIpc) is 2.79. The van der Waals surface area contributed by atoms with Crippen molar-refractivity contribution in [3.05, 3.63) is 23.8 Å². The zero-order valence-corrected chi connectivity index (χ0v) is 12.2. The van der Waals surface area contributed by atoms with Gasteiger partial charge in [0.25, 0.3) is 0 Å². The van der Waals surface area contributed by atoms with Crippen molar-refractivity contribution in [3.63, 3.8) is 0 Å². The van der Waals surface area contributed by atoms with E-state index in [0.717, 1.165) is 25.3 Å². The van der Waals surface area contributed by atoms with E-state index in [2.05, 4.69) is 36.4 Å². The molecular formula is C14H22N2OS. The lowest BCUT2D eigenvalue weighted by Crippen LogP contribution is -2.20. The van der Waals surface area contributed by atoms with Crippen molar-refractivity contribution >= 4 is 11.8 Å². The number of nitrogens with two attached hydrogens (primary N) is 1. The average molecular weight is 266 g/mol. The number of rotatable bonds is 4. The van der Waals surface area contributed by atoms with Crippen molar-refractivity contribution in [2.75, 3.05) is 33.5 Å². The molecule has 0 bridgehead atoms. The van der Waals surface area contributed by atoms with Crippen LogP contribution >= 0.6 is 11.8 Å². The standard InChI is InChI=1S/C14H22N2OS/c1-16-9-10(8-15)6-13(16)12-7-11(18-3)4-5-14(12)17-2/h4-5,7,10,13H,6,8-9,15H2,1-3H3. The minimum atomic E-state index is 0.431. The fraction of sp³-hybridized carbons (Fsp3) is 0.571. The van der Waals surface area contributed by atoms with E-state index in [1.165, 1.54) is 10.5 Å². The molecule has 1 saturated heterocycles. The summed E-state index contributed by atoms with van der Waals surface area (Å²) in [6.07, 6.45) is 3.23. The van der Waals surface area contributed by atoms with Crippen LogP contribution in [0.1, 0.15) is 18.0 Å². The van der Waals surface area contributed by atoms with Crippen LogP contribution in [-0.2, 0) is 0 Å². The Morgan fingerprint density at radius 1 is 1.50 bits per heavy atom. The third kappa shape index (κ3) is 2.66. The largest absolute Gasteiger partial charge is 0.496 e. The Bertz CT molecular complexity index is 411. The van der Waals surface area contributed by atoms with E-state index < -0.39 is 0 Å². The van der Waals surface area contributed by atoms with Crippen molar-refractivity contribution in [2.24, 2.45) is 11.7 Å². The Labute approximate surface area is 114 Å². The van der Waals surface area contributed by atoms with E-state index in [1.807, 2.05) is 0 Å². The SMILES string of the molecule is COc1ccc(SC)cc1C1CC(CN)CN1C. The van der Waals surface area contributed by atoms with Crippen LogP contribution in [0.4, 0.5) is 0 Å². The molecule has 0 spiro atoms. The zero-order chi connectivity index (χ0) is 13.1. The number of ether oxygens (including phenoxy) is 1. The normalized spacial score (nSPS) is 24.4. The molecule has 0 aliphatic carbocycles. The number of thioether (sulfide) groups is 1. The third-order valence-electron chi connectivity index (χ3n) is 3.76. The van der Waals surface area contributed by atoms with Gasteiger partial charge in [0, 0.05) is 23.0 Å². The minimum Gasteiger partial charge on any atom is -0.496 e. The van der Waals surface area contributed by atoms with Crippen LogP contribution in [0.25, 0.3) is 0 Å². The minimum absolute atomic E-state index is 0.431. The highest BCUT2D eigenvalue weighted by atomic mass is 32.2. The molecule has 1 aromatic rings. The molecule has 4 heteroatoms. The van der Waals surface area contributed by atoms with Crippen LogP contribution in [0.5, 0.6) is 5.75 Å². The molecule has 1 aromatic carbocycles. The molecule has 2 atom stereocenters. The first-order valence-corrected chi connectivity index (χ1v) is 7.54. The van der Waals surface area contributed by atoms with Crippen LogP contribution in [-0.4, -0.2) is 38.4 Å². The monoisotopic (exact) mass is 266 g/mol. The Balaban J connectivity index is 2.31. The van der Waals surface area contributed by atoms with E-state index in [4.69, 9.17) is 10.5 Å². The van der Waals surface area contributed by atoms with Gasteiger partial charge in [-0.2, -0.15) is 0 Å². The fourth-order valence-corrected chi connectivity index (χ4v) is 3.19. The van der Waals surface area contributed by atoms with Gasteiger partial charge in [0.15, 0.2) is 0 Å². The van der Waals surface area contributed by atoms with E-state index in [1.54, 1.807) is 18.9 Å². The smallest absolute Gasteiger partial charge is 0.123 e. The summed E-state index contributed by atoms with van der Waals surface area (Å²) in [6.45, 7) is 1.85. The van der Waals surface area contributed by atoms with Gasteiger partial charge in [-0.15, -0.1) is 11.8 Å². The molecule has 2 rings (SSSR count). The Kier molecular flexibility index (Phi) is 4.54. The lowest BCUT2D eigenvalue weighted by molar-refractivity contribution is 0.302. The molecule has 2 N–H and O–H groups in total. The van der Waals surface area contributed by atoms with E-state index >= 15 is 0 Å². The first-order valence-electron chi connectivity index (χ1n) is 6.31. The summed E-state index contributed by atoms with van der Waals surface area (Å²) in [6, 6.07) is 6.87. The first-order chi connectivity index (χ1) is 8.69. The number of nitrogens with zero attached hydrogens (tertiary/aromatic N) is 1. The Morgan fingerprint density at radius 3 is 2.83 bits per heavy atom. The maximum Gasteiger partial charge on any atom is 0.123 e. The zero-order valence-electron chi connectivity index (χ0n) is 11.3. The second kappa shape index (κ2) is 5.95. The molecule has 0 saturated carbocycles. The van der Waals surface area contributed by atoms with E-state index in [-0.39, 0.29) is 0 Å². The predicted octanol–water partition coefficient (Wildman–Crippen LogP) is 2.37. The molecular weight excluding hydrogens is 244 g/mol. The maximum atomic E-state index is 5.80. The van der Waals surface area contributed by atoms with Crippen LogP contribution in [0.2, 0.25) is 0 Å². The van der Waals surface area contributed by atoms with Crippen molar-refractivity contribution in [1.29, 1.82) is 0 Å². The highest BCUT2D eigenvalue weighted by Crippen LogP contribution is 2.39. The number of hydrogen-bond donors (Lipinski definition) is 1. The highest BCUT2D eigenvalue weighted by Gasteiger charge is 2.31. The molecule has 1 aliphatic heterocycles. The second-order valence-electron chi connectivity index (χ2n) is 4.90. The van der Waals surface area contributed by atoms with Crippen molar-refractivity contribution in [1.82, 2.24) is 4.90 Å². The summed E-state index contributed by atoms with van der Waals surface area (Å²) in [7, 11) is 3.92. The molecule has 1 heterocycles. The number of benzene rings is 1. The summed E-state index contributed by atoms with van der Waals surface area (Å²) in [5, 5.41) is 0. The molecule has 1 fully saturated rings. The van der Waals surface area contributed by atoms with Crippen LogP contribution in [0, 0.1) is 5.92 Å². The Morgan fingerprint density at radius 2 is 2.28 bits per heavy atom. The van der Waals surface area contributed by atoms with Crippen molar-refractivity contribution in [3.8, 4) is 5.75 Å². The van der Waals surface area contributed by atoms with Gasteiger partial charge in [-0.25, -0.2) is 0 Å². The molecule has 0 radical (unpaired) electrons. The topological polar surface area (TPSA) is 38.5 Å². The number of likely N-dealkylation sites (tertiary alicyclic amines) is 1. The molecule has 18 heavy (non-hydrogen) atoms. The van der Waals surface area contributed by atoms with Crippen molar-refractivity contribution in [2.45, 2.75) is 17.4 Å². The lowest BCUT2D eigenvalue weighted by Gasteiger charge is -2.22. The predicted molar refractivity (Wildman–Crippen MR) is 77.3 cm³/mol. The summed E-state index contributed by atoms with van der Waals surface area (Å²) >= 11 is 1.77. The summed E-state index contributed by atoms with van der Waals surface area (Å²) in [4.78, 5) is 3.68. The van der Waals surface area contributed by atoms with Crippen LogP contribution in [0.3, 0.4) is 0 Å². The molecule has 0 aromatic heterocycles. The third-order valence-corrected chi connectivity index (χ3v) is 4.49. The Hall–Kier alpha value is -0.710. The van der Waals surface area contributed by atoms with Crippen molar-refractivity contribution < 1.29 is 4.74 Å².